The predicted molar refractivity (Wildman–Crippen MR) is 96.2 cm³/mol. The Kier molecular flexibility index (Phi) is 4.91. The maximum absolute atomic E-state index is 13.1. The van der Waals surface area contributed by atoms with Gasteiger partial charge in [-0.05, 0) is 44.0 Å². The van der Waals surface area contributed by atoms with Crippen LogP contribution in [0.3, 0.4) is 0 Å². The first-order chi connectivity index (χ1) is 12.3. The van der Waals surface area contributed by atoms with Gasteiger partial charge in [0.2, 0.25) is 11.9 Å². The molecule has 26 heavy (non-hydrogen) atoms. The number of nitrogens with zero attached hydrogens (tertiary/aromatic N) is 3. The molecule has 1 atom stereocenters. The van der Waals surface area contributed by atoms with Gasteiger partial charge in [-0.1, -0.05) is 12.1 Å². The lowest BCUT2D eigenvalue weighted by atomic mass is 9.83. The Morgan fingerprint density at radius 1 is 1.31 bits per heavy atom. The summed E-state index contributed by atoms with van der Waals surface area (Å²) < 4.78 is 13.1. The molecular weight excluding hydrogens is 335 g/mol. The molecule has 3 rings (SSSR count). The number of halogens is 1. The van der Waals surface area contributed by atoms with Gasteiger partial charge in [0.15, 0.2) is 0 Å². The van der Waals surface area contributed by atoms with E-state index in [0.29, 0.717) is 31.0 Å². The standard InChI is InChI=1S/C19H23FN4O2/c1-18(2,14-4-6-15(20)7-5-14)16(25)23-12-19(26)8-11-24(13-19)17-21-9-3-10-22-17/h3-7,9-10,26H,8,11-13H2,1-2H3,(H,23,25)/t19-/m1/s1. The number of β-amino-alcohol motifs (C(OH)–C–C–N with tert-alkyl or cyclic N) is 1. The van der Waals surface area contributed by atoms with Crippen LogP contribution >= 0.6 is 0 Å². The van der Waals surface area contributed by atoms with Crippen LogP contribution in [0.5, 0.6) is 0 Å². The van der Waals surface area contributed by atoms with Gasteiger partial charge in [-0.2, -0.15) is 0 Å². The zero-order valence-electron chi connectivity index (χ0n) is 14.9. The molecule has 138 valence electrons. The molecule has 1 aromatic heterocycles. The molecule has 1 aliphatic rings. The molecule has 6 nitrogen and oxygen atoms in total. The molecule has 0 aliphatic carbocycles. The van der Waals surface area contributed by atoms with E-state index in [1.165, 1.54) is 12.1 Å². The van der Waals surface area contributed by atoms with Crippen molar-refractivity contribution in [3.8, 4) is 0 Å². The fraction of sp³-hybridized carbons (Fsp3) is 0.421. The highest BCUT2D eigenvalue weighted by Gasteiger charge is 2.39. The quantitative estimate of drug-likeness (QED) is 0.850. The molecule has 1 aromatic carbocycles. The van der Waals surface area contributed by atoms with Gasteiger partial charge in [-0.15, -0.1) is 0 Å². The van der Waals surface area contributed by atoms with E-state index in [4.69, 9.17) is 0 Å². The van der Waals surface area contributed by atoms with Crippen molar-refractivity contribution in [1.82, 2.24) is 15.3 Å². The summed E-state index contributed by atoms with van der Waals surface area (Å²) in [5.74, 6) is 0.0155. The minimum atomic E-state index is -1.03. The van der Waals surface area contributed by atoms with Crippen molar-refractivity contribution in [1.29, 1.82) is 0 Å². The second-order valence-corrected chi connectivity index (χ2v) is 7.26. The third kappa shape index (κ3) is 3.83. The number of carbonyl (C=O) groups is 1. The van der Waals surface area contributed by atoms with Crippen molar-refractivity contribution >= 4 is 11.9 Å². The van der Waals surface area contributed by atoms with Gasteiger partial charge in [-0.25, -0.2) is 14.4 Å². The Balaban J connectivity index is 1.61. The summed E-state index contributed by atoms with van der Waals surface area (Å²) in [6.07, 6.45) is 3.84. The number of hydrogen-bond donors (Lipinski definition) is 2. The highest BCUT2D eigenvalue weighted by atomic mass is 19.1. The number of nitrogens with one attached hydrogen (secondary N) is 1. The Bertz CT molecular complexity index is 767. The number of anilines is 1. The monoisotopic (exact) mass is 358 g/mol. The number of aromatic nitrogens is 2. The van der Waals surface area contributed by atoms with Crippen LogP contribution in [0.4, 0.5) is 10.3 Å². The smallest absolute Gasteiger partial charge is 0.230 e. The summed E-state index contributed by atoms with van der Waals surface area (Å²) in [4.78, 5) is 22.9. The molecular formula is C19H23FN4O2. The second-order valence-electron chi connectivity index (χ2n) is 7.26. The van der Waals surface area contributed by atoms with Crippen molar-refractivity contribution in [2.45, 2.75) is 31.3 Å². The molecule has 1 saturated heterocycles. The molecule has 2 heterocycles. The van der Waals surface area contributed by atoms with E-state index in [-0.39, 0.29) is 18.3 Å². The highest BCUT2D eigenvalue weighted by Crippen LogP contribution is 2.26. The maximum Gasteiger partial charge on any atom is 0.230 e. The van der Waals surface area contributed by atoms with Gasteiger partial charge in [-0.3, -0.25) is 4.79 Å². The Morgan fingerprint density at radius 3 is 2.62 bits per heavy atom. The van der Waals surface area contributed by atoms with Gasteiger partial charge in [0.25, 0.3) is 0 Å². The summed E-state index contributed by atoms with van der Waals surface area (Å²) in [6, 6.07) is 7.63. The maximum atomic E-state index is 13.1. The summed E-state index contributed by atoms with van der Waals surface area (Å²) in [7, 11) is 0. The summed E-state index contributed by atoms with van der Waals surface area (Å²) in [6.45, 7) is 4.67. The van der Waals surface area contributed by atoms with E-state index in [0.717, 1.165) is 0 Å². The Labute approximate surface area is 152 Å². The SMILES string of the molecule is CC(C)(C(=O)NC[C@]1(O)CCN(c2ncccn2)C1)c1ccc(F)cc1. The van der Waals surface area contributed by atoms with Crippen LogP contribution in [0.2, 0.25) is 0 Å². The summed E-state index contributed by atoms with van der Waals surface area (Å²) in [5.41, 5.74) is -1.15. The number of benzene rings is 1. The average molecular weight is 358 g/mol. The molecule has 0 saturated carbocycles. The molecule has 1 fully saturated rings. The van der Waals surface area contributed by atoms with E-state index >= 15 is 0 Å². The van der Waals surface area contributed by atoms with Gasteiger partial charge < -0.3 is 15.3 Å². The lowest BCUT2D eigenvalue weighted by molar-refractivity contribution is -0.126. The fourth-order valence-electron chi connectivity index (χ4n) is 3.09. The molecule has 0 spiro atoms. The van der Waals surface area contributed by atoms with Crippen molar-refractivity contribution < 1.29 is 14.3 Å². The first-order valence-corrected chi connectivity index (χ1v) is 8.59. The third-order valence-corrected chi connectivity index (χ3v) is 4.88. The average Bonchev–Trinajstić information content (AvgIpc) is 3.03. The first-order valence-electron chi connectivity index (χ1n) is 8.59. The second kappa shape index (κ2) is 6.99. The van der Waals surface area contributed by atoms with Gasteiger partial charge in [0.1, 0.15) is 11.4 Å². The van der Waals surface area contributed by atoms with Crippen molar-refractivity contribution in [3.05, 3.63) is 54.1 Å². The van der Waals surface area contributed by atoms with Crippen LogP contribution in [0.1, 0.15) is 25.8 Å². The van der Waals surface area contributed by atoms with Crippen LogP contribution in [-0.4, -0.2) is 46.2 Å². The van der Waals surface area contributed by atoms with E-state index in [2.05, 4.69) is 15.3 Å². The zero-order chi connectivity index (χ0) is 18.8. The van der Waals surface area contributed by atoms with Gasteiger partial charge in [0.05, 0.1) is 12.0 Å². The summed E-state index contributed by atoms with van der Waals surface area (Å²) >= 11 is 0. The number of rotatable bonds is 5. The molecule has 2 aromatic rings. The Hall–Kier alpha value is -2.54. The van der Waals surface area contributed by atoms with E-state index < -0.39 is 11.0 Å². The Morgan fingerprint density at radius 2 is 1.96 bits per heavy atom. The number of carbonyl (C=O) groups excluding carboxylic acids is 1. The largest absolute Gasteiger partial charge is 0.386 e. The molecule has 1 aliphatic heterocycles. The minimum absolute atomic E-state index is 0.139. The van der Waals surface area contributed by atoms with E-state index in [9.17, 15) is 14.3 Å². The molecule has 0 radical (unpaired) electrons. The van der Waals surface area contributed by atoms with E-state index in [1.807, 2.05) is 4.90 Å². The van der Waals surface area contributed by atoms with Crippen LogP contribution in [-0.2, 0) is 10.2 Å². The summed E-state index contributed by atoms with van der Waals surface area (Å²) in [5, 5.41) is 13.6. The minimum Gasteiger partial charge on any atom is -0.386 e. The third-order valence-electron chi connectivity index (χ3n) is 4.88. The lowest BCUT2D eigenvalue weighted by Crippen LogP contribution is -2.49. The van der Waals surface area contributed by atoms with Crippen LogP contribution in [0.25, 0.3) is 0 Å². The van der Waals surface area contributed by atoms with Crippen LogP contribution in [0, 0.1) is 5.82 Å². The zero-order valence-corrected chi connectivity index (χ0v) is 14.9. The lowest BCUT2D eigenvalue weighted by Gasteiger charge is -2.28. The molecule has 1 amide bonds. The van der Waals surface area contributed by atoms with Crippen molar-refractivity contribution in [2.75, 3.05) is 24.5 Å². The normalized spacial score (nSPS) is 20.2. The van der Waals surface area contributed by atoms with Crippen molar-refractivity contribution in [2.24, 2.45) is 0 Å². The fourth-order valence-corrected chi connectivity index (χ4v) is 3.09. The topological polar surface area (TPSA) is 78.4 Å². The molecule has 7 heteroatoms. The number of aliphatic hydroxyl groups is 1. The first kappa shape index (κ1) is 18.3. The number of hydrogen-bond acceptors (Lipinski definition) is 5. The molecule has 2 N–H and O–H groups in total. The van der Waals surface area contributed by atoms with Crippen LogP contribution in [0.15, 0.2) is 42.7 Å². The molecule has 0 bridgehead atoms. The van der Waals surface area contributed by atoms with Gasteiger partial charge >= 0.3 is 0 Å². The van der Waals surface area contributed by atoms with Crippen LogP contribution < -0.4 is 10.2 Å². The highest BCUT2D eigenvalue weighted by molar-refractivity contribution is 5.87. The van der Waals surface area contributed by atoms with Crippen molar-refractivity contribution in [3.63, 3.8) is 0 Å². The molecule has 0 unspecified atom stereocenters. The predicted octanol–water partition coefficient (Wildman–Crippen LogP) is 1.65. The number of amides is 1. The van der Waals surface area contributed by atoms with E-state index in [1.54, 1.807) is 44.4 Å². The van der Waals surface area contributed by atoms with Gasteiger partial charge in [0, 0.05) is 25.5 Å².